The van der Waals surface area contributed by atoms with Crippen molar-refractivity contribution in [2.45, 2.75) is 0 Å². The molecule has 92 valence electrons. The average Bonchev–Trinajstić information content (AvgIpc) is 2.42. The van der Waals surface area contributed by atoms with Crippen molar-refractivity contribution >= 4 is 17.8 Å². The second kappa shape index (κ2) is 6.92. The highest BCUT2D eigenvalue weighted by Crippen LogP contribution is 2.12. The fraction of sp³-hybridized carbons (Fsp3) is 0.143. The van der Waals surface area contributed by atoms with E-state index in [1.165, 1.54) is 13.2 Å². The number of methoxy groups -OCH3 is 2. The van der Waals surface area contributed by atoms with Gasteiger partial charge in [-0.3, -0.25) is 4.79 Å². The molecule has 0 saturated heterocycles. The van der Waals surface area contributed by atoms with Crippen LogP contribution in [0.5, 0.6) is 5.75 Å². The number of hydrogen-bond acceptors (Lipinski definition) is 4. The minimum Gasteiger partial charge on any atom is -0.497 e. The monoisotopic (exact) mass is 244 g/mol. The van der Waals surface area contributed by atoms with Crippen LogP contribution < -0.4 is 4.74 Å². The van der Waals surface area contributed by atoms with Crippen LogP contribution in [0.3, 0.4) is 0 Å². The van der Waals surface area contributed by atoms with Crippen LogP contribution in [0.15, 0.2) is 30.3 Å². The van der Waals surface area contributed by atoms with Crippen molar-refractivity contribution in [1.82, 2.24) is 0 Å². The first-order valence-electron chi connectivity index (χ1n) is 5.12. The Bertz CT molecular complexity index is 515. The molecule has 1 aromatic carbocycles. The predicted molar refractivity (Wildman–Crippen MR) is 66.8 cm³/mol. The van der Waals surface area contributed by atoms with Gasteiger partial charge >= 0.3 is 5.97 Å². The number of ether oxygens (including phenoxy) is 2. The lowest BCUT2D eigenvalue weighted by molar-refractivity contribution is -0.133. The third-order valence-electron chi connectivity index (χ3n) is 2.02. The van der Waals surface area contributed by atoms with Gasteiger partial charge in [0.25, 0.3) is 0 Å². The van der Waals surface area contributed by atoms with Crippen LogP contribution in [0.1, 0.15) is 5.56 Å². The van der Waals surface area contributed by atoms with E-state index in [1.54, 1.807) is 37.5 Å². The van der Waals surface area contributed by atoms with Gasteiger partial charge in [-0.25, -0.2) is 4.79 Å². The van der Waals surface area contributed by atoms with E-state index in [9.17, 15) is 9.59 Å². The smallest absolute Gasteiger partial charge is 0.384 e. The molecule has 4 heteroatoms. The van der Waals surface area contributed by atoms with Crippen molar-refractivity contribution in [2.75, 3.05) is 14.2 Å². The van der Waals surface area contributed by atoms with E-state index >= 15 is 0 Å². The molecule has 0 amide bonds. The van der Waals surface area contributed by atoms with Gasteiger partial charge < -0.3 is 9.47 Å². The number of rotatable bonds is 3. The van der Waals surface area contributed by atoms with E-state index in [0.29, 0.717) is 0 Å². The molecule has 0 radical (unpaired) electrons. The topological polar surface area (TPSA) is 52.6 Å². The highest BCUT2D eigenvalue weighted by atomic mass is 16.5. The minimum absolute atomic E-state index is 0.462. The maximum atomic E-state index is 11.3. The zero-order chi connectivity index (χ0) is 13.4. The van der Waals surface area contributed by atoms with Gasteiger partial charge in [0, 0.05) is 5.92 Å². The molecule has 0 heterocycles. The van der Waals surface area contributed by atoms with Crippen molar-refractivity contribution in [3.8, 4) is 17.6 Å². The minimum atomic E-state index is -0.735. The fourth-order valence-corrected chi connectivity index (χ4v) is 1.09. The highest BCUT2D eigenvalue weighted by molar-refractivity contribution is 6.09. The molecule has 0 fully saturated rings. The van der Waals surface area contributed by atoms with Crippen molar-refractivity contribution in [3.05, 3.63) is 35.9 Å². The van der Waals surface area contributed by atoms with Gasteiger partial charge in [0.15, 0.2) is 0 Å². The number of carbonyl (C=O) groups is 2. The van der Waals surface area contributed by atoms with E-state index in [0.717, 1.165) is 11.3 Å². The van der Waals surface area contributed by atoms with Crippen molar-refractivity contribution in [2.24, 2.45) is 0 Å². The van der Waals surface area contributed by atoms with Crippen LogP contribution in [-0.2, 0) is 14.3 Å². The molecule has 0 N–H and O–H groups in total. The molecule has 18 heavy (non-hydrogen) atoms. The molecule has 0 aliphatic rings. The molecule has 1 rings (SSSR count). The summed E-state index contributed by atoms with van der Waals surface area (Å²) in [7, 11) is 2.78. The van der Waals surface area contributed by atoms with E-state index < -0.39 is 11.8 Å². The van der Waals surface area contributed by atoms with Crippen LogP contribution in [0.4, 0.5) is 0 Å². The maximum absolute atomic E-state index is 11.3. The Morgan fingerprint density at radius 3 is 2.33 bits per heavy atom. The third kappa shape index (κ3) is 4.54. The lowest BCUT2D eigenvalue weighted by Gasteiger charge is -1.98. The Balaban J connectivity index is 2.64. The van der Waals surface area contributed by atoms with Crippen molar-refractivity contribution in [1.29, 1.82) is 0 Å². The summed E-state index contributed by atoms with van der Waals surface area (Å²) in [5.41, 5.74) is 0.837. The summed E-state index contributed by atoms with van der Waals surface area (Å²) >= 11 is 0. The van der Waals surface area contributed by atoms with Gasteiger partial charge in [-0.15, -0.1) is 0 Å². The zero-order valence-corrected chi connectivity index (χ0v) is 10.1. The van der Waals surface area contributed by atoms with E-state index in [-0.39, 0.29) is 0 Å². The van der Waals surface area contributed by atoms with E-state index in [2.05, 4.69) is 16.6 Å². The Labute approximate surface area is 105 Å². The van der Waals surface area contributed by atoms with Crippen LogP contribution in [0, 0.1) is 11.8 Å². The fourth-order valence-electron chi connectivity index (χ4n) is 1.09. The first kappa shape index (κ1) is 13.5. The van der Waals surface area contributed by atoms with E-state index in [1.807, 2.05) is 0 Å². The van der Waals surface area contributed by atoms with E-state index in [4.69, 9.17) is 4.74 Å². The summed E-state index contributed by atoms with van der Waals surface area (Å²) in [6.45, 7) is 0. The number of allylic oxidation sites excluding steroid dienone is 1. The normalized spacial score (nSPS) is 9.44. The Morgan fingerprint density at radius 1 is 1.11 bits per heavy atom. The molecule has 0 aliphatic heterocycles. The number of benzene rings is 1. The van der Waals surface area contributed by atoms with Crippen molar-refractivity contribution in [3.63, 3.8) is 0 Å². The maximum Gasteiger partial charge on any atom is 0.384 e. The van der Waals surface area contributed by atoms with Crippen LogP contribution in [-0.4, -0.2) is 26.0 Å². The number of ketones is 1. The summed E-state index contributed by atoms with van der Waals surface area (Å²) in [5.74, 6) is 3.75. The number of carbonyl (C=O) groups excluding carboxylic acids is 2. The number of esters is 1. The molecule has 4 nitrogen and oxygen atoms in total. The van der Waals surface area contributed by atoms with Gasteiger partial charge in [-0.1, -0.05) is 18.2 Å². The SMILES string of the molecule is COC(=O)C#CC(=O)/C=C/c1ccc(OC)cc1. The Morgan fingerprint density at radius 2 is 1.78 bits per heavy atom. The molecular formula is C14H12O4. The molecular weight excluding hydrogens is 232 g/mol. The van der Waals surface area contributed by atoms with Crippen LogP contribution in [0.2, 0.25) is 0 Å². The summed E-state index contributed by atoms with van der Waals surface area (Å²) in [6, 6.07) is 7.17. The summed E-state index contributed by atoms with van der Waals surface area (Å²) in [4.78, 5) is 21.9. The second-order valence-electron chi connectivity index (χ2n) is 3.21. The molecule has 1 aromatic rings. The van der Waals surface area contributed by atoms with Crippen molar-refractivity contribution < 1.29 is 19.1 Å². The standard InChI is InChI=1S/C14H12O4/c1-17-13-8-4-11(5-9-13)3-6-12(15)7-10-14(16)18-2/h3-6,8-9H,1-2H3/b6-3+. The Hall–Kier alpha value is -2.54. The molecule has 0 atom stereocenters. The quantitative estimate of drug-likeness (QED) is 0.265. The van der Waals surface area contributed by atoms with Gasteiger partial charge in [-0.2, -0.15) is 0 Å². The molecule has 0 aliphatic carbocycles. The lowest BCUT2D eigenvalue weighted by atomic mass is 10.2. The second-order valence-corrected chi connectivity index (χ2v) is 3.21. The largest absolute Gasteiger partial charge is 0.497 e. The van der Waals surface area contributed by atoms with Gasteiger partial charge in [-0.05, 0) is 29.7 Å². The summed E-state index contributed by atoms with van der Waals surface area (Å²) in [5, 5.41) is 0. The molecule has 0 bridgehead atoms. The predicted octanol–water partition coefficient (Wildman–Crippen LogP) is 1.45. The summed E-state index contributed by atoms with van der Waals surface area (Å²) < 4.78 is 9.29. The summed E-state index contributed by atoms with van der Waals surface area (Å²) in [6.07, 6.45) is 2.89. The van der Waals surface area contributed by atoms with Gasteiger partial charge in [0.05, 0.1) is 14.2 Å². The number of hydrogen-bond donors (Lipinski definition) is 0. The molecule has 0 saturated carbocycles. The zero-order valence-electron chi connectivity index (χ0n) is 10.1. The highest BCUT2D eigenvalue weighted by Gasteiger charge is 1.94. The first-order chi connectivity index (χ1) is 8.65. The van der Waals surface area contributed by atoms with Crippen LogP contribution >= 0.6 is 0 Å². The molecule has 0 spiro atoms. The molecule has 0 unspecified atom stereocenters. The molecule has 0 aromatic heterocycles. The van der Waals surface area contributed by atoms with Crippen LogP contribution in [0.25, 0.3) is 6.08 Å². The third-order valence-corrected chi connectivity index (χ3v) is 2.02. The average molecular weight is 244 g/mol. The van der Waals surface area contributed by atoms with Gasteiger partial charge in [0.2, 0.25) is 5.78 Å². The van der Waals surface area contributed by atoms with Gasteiger partial charge in [0.1, 0.15) is 5.75 Å². The lowest BCUT2D eigenvalue weighted by Crippen LogP contribution is -1.96. The Kier molecular flexibility index (Phi) is 5.20. The first-order valence-corrected chi connectivity index (χ1v) is 5.12.